The number of aryl methyl sites for hydroxylation is 1. The van der Waals surface area contributed by atoms with Crippen LogP contribution in [0.4, 0.5) is 11.4 Å². The van der Waals surface area contributed by atoms with Crippen LogP contribution in [0.2, 0.25) is 0 Å². The average molecular weight is 368 g/mol. The van der Waals surface area contributed by atoms with Gasteiger partial charge in [0.2, 0.25) is 5.91 Å². The number of amides is 2. The first-order valence-corrected chi connectivity index (χ1v) is 9.28. The molecule has 144 valence electrons. The number of hydrogen-bond donors (Lipinski definition) is 2. The fraction of sp³-hybridized carbons (Fsp3) is 0.364. The summed E-state index contributed by atoms with van der Waals surface area (Å²) in [5.41, 5.74) is 3.46. The second-order valence-corrected chi connectivity index (χ2v) is 6.90. The zero-order chi connectivity index (χ0) is 20.0. The van der Waals surface area contributed by atoms with Crippen LogP contribution in [0.3, 0.4) is 0 Å². The maximum atomic E-state index is 12.4. The predicted molar refractivity (Wildman–Crippen MR) is 109 cm³/mol. The molecule has 2 aromatic carbocycles. The van der Waals surface area contributed by atoms with Gasteiger partial charge in [-0.2, -0.15) is 0 Å². The number of carbonyl (C=O) groups excluding carboxylic acids is 2. The van der Waals surface area contributed by atoms with Crippen LogP contribution in [0, 0.1) is 6.92 Å². The van der Waals surface area contributed by atoms with Crippen LogP contribution < -0.4 is 15.4 Å². The summed E-state index contributed by atoms with van der Waals surface area (Å²) in [6.07, 6.45) is -0.249. The molecule has 0 aliphatic carbocycles. The first-order valence-electron chi connectivity index (χ1n) is 9.28. The van der Waals surface area contributed by atoms with E-state index in [4.69, 9.17) is 4.74 Å². The first-order chi connectivity index (χ1) is 12.8. The minimum atomic E-state index is -0.648. The highest BCUT2D eigenvalue weighted by atomic mass is 16.5. The number of ether oxygens (including phenoxy) is 1. The van der Waals surface area contributed by atoms with Gasteiger partial charge < -0.3 is 15.4 Å². The zero-order valence-electron chi connectivity index (χ0n) is 16.6. The molecule has 0 saturated heterocycles. The molecular formula is C22H28N2O3. The van der Waals surface area contributed by atoms with Gasteiger partial charge in [-0.25, -0.2) is 0 Å². The molecule has 5 nitrogen and oxygen atoms in total. The summed E-state index contributed by atoms with van der Waals surface area (Å²) in [5, 5.41) is 5.67. The van der Waals surface area contributed by atoms with Crippen LogP contribution in [0.5, 0.6) is 5.75 Å². The van der Waals surface area contributed by atoms with E-state index in [1.54, 1.807) is 26.0 Å². The lowest BCUT2D eigenvalue weighted by atomic mass is 10.0. The molecule has 0 aliphatic heterocycles. The Morgan fingerprint density at radius 3 is 2.26 bits per heavy atom. The number of benzene rings is 2. The van der Waals surface area contributed by atoms with Gasteiger partial charge in [-0.1, -0.05) is 39.0 Å². The van der Waals surface area contributed by atoms with Gasteiger partial charge in [0.15, 0.2) is 6.10 Å². The van der Waals surface area contributed by atoms with Crippen molar-refractivity contribution >= 4 is 23.2 Å². The van der Waals surface area contributed by atoms with E-state index in [-0.39, 0.29) is 11.8 Å². The molecule has 2 amide bonds. The maximum absolute atomic E-state index is 12.4. The Morgan fingerprint density at radius 1 is 1.00 bits per heavy atom. The van der Waals surface area contributed by atoms with E-state index >= 15 is 0 Å². The van der Waals surface area contributed by atoms with E-state index in [1.165, 1.54) is 5.56 Å². The third-order valence-corrected chi connectivity index (χ3v) is 4.33. The Hall–Kier alpha value is -2.82. The van der Waals surface area contributed by atoms with Crippen LogP contribution in [0.15, 0.2) is 42.5 Å². The minimum Gasteiger partial charge on any atom is -0.481 e. The summed E-state index contributed by atoms with van der Waals surface area (Å²) in [4.78, 5) is 24.1. The van der Waals surface area contributed by atoms with E-state index in [1.807, 2.05) is 37.3 Å². The summed E-state index contributed by atoms with van der Waals surface area (Å²) in [7, 11) is 0. The van der Waals surface area contributed by atoms with E-state index in [0.29, 0.717) is 29.5 Å². The van der Waals surface area contributed by atoms with Crippen molar-refractivity contribution in [1.29, 1.82) is 0 Å². The third-order valence-electron chi connectivity index (χ3n) is 4.33. The molecule has 0 fully saturated rings. The number of rotatable bonds is 7. The third kappa shape index (κ3) is 5.84. The molecule has 2 aromatic rings. The fourth-order valence-electron chi connectivity index (χ4n) is 2.51. The Bertz CT molecular complexity index is 798. The van der Waals surface area contributed by atoms with Gasteiger partial charge in [0.1, 0.15) is 5.75 Å². The van der Waals surface area contributed by atoms with Crippen molar-refractivity contribution in [3.63, 3.8) is 0 Å². The van der Waals surface area contributed by atoms with Gasteiger partial charge in [-0.3, -0.25) is 9.59 Å². The summed E-state index contributed by atoms with van der Waals surface area (Å²) in [6.45, 7) is 9.67. The molecule has 1 atom stereocenters. The van der Waals surface area contributed by atoms with Gasteiger partial charge in [-0.05, 0) is 55.2 Å². The molecule has 0 aromatic heterocycles. The van der Waals surface area contributed by atoms with Gasteiger partial charge in [0.05, 0.1) is 0 Å². The summed E-state index contributed by atoms with van der Waals surface area (Å²) < 4.78 is 5.74. The van der Waals surface area contributed by atoms with Gasteiger partial charge in [0, 0.05) is 17.8 Å². The molecule has 0 saturated carbocycles. The summed E-state index contributed by atoms with van der Waals surface area (Å²) >= 11 is 0. The highest BCUT2D eigenvalue weighted by molar-refractivity contribution is 5.96. The largest absolute Gasteiger partial charge is 0.481 e. The normalized spacial score (nSPS) is 11.8. The van der Waals surface area contributed by atoms with Gasteiger partial charge in [-0.15, -0.1) is 0 Å². The summed E-state index contributed by atoms with van der Waals surface area (Å²) in [5.74, 6) is 0.785. The SMILES string of the molecule is CCC(=O)Nc1cc(NC(=O)C(C)Oc2ccc(C(C)C)cc2)ccc1C. The maximum Gasteiger partial charge on any atom is 0.265 e. The van der Waals surface area contributed by atoms with Crippen molar-refractivity contribution in [1.82, 2.24) is 0 Å². The van der Waals surface area contributed by atoms with Crippen molar-refractivity contribution in [2.75, 3.05) is 10.6 Å². The highest BCUT2D eigenvalue weighted by Gasteiger charge is 2.16. The quantitative estimate of drug-likeness (QED) is 0.732. The van der Waals surface area contributed by atoms with E-state index < -0.39 is 6.10 Å². The smallest absolute Gasteiger partial charge is 0.265 e. The predicted octanol–water partition coefficient (Wildman–Crippen LogP) is 4.87. The minimum absolute atomic E-state index is 0.0666. The van der Waals surface area contributed by atoms with Crippen LogP contribution in [-0.4, -0.2) is 17.9 Å². The molecule has 5 heteroatoms. The van der Waals surface area contributed by atoms with Crippen LogP contribution >= 0.6 is 0 Å². The second-order valence-electron chi connectivity index (χ2n) is 6.90. The molecule has 1 unspecified atom stereocenters. The Morgan fingerprint density at radius 2 is 1.67 bits per heavy atom. The molecule has 27 heavy (non-hydrogen) atoms. The van der Waals surface area contributed by atoms with E-state index in [2.05, 4.69) is 24.5 Å². The standard InChI is InChI=1S/C22H28N2O3/c1-6-21(25)24-20-13-18(10-7-15(20)4)23-22(26)16(5)27-19-11-8-17(9-12-19)14(2)3/h7-14,16H,6H2,1-5H3,(H,23,26)(H,24,25). The van der Waals surface area contributed by atoms with Gasteiger partial charge in [0.25, 0.3) is 5.91 Å². The van der Waals surface area contributed by atoms with Crippen LogP contribution in [-0.2, 0) is 9.59 Å². The van der Waals surface area contributed by atoms with Crippen molar-refractivity contribution in [3.8, 4) is 5.75 Å². The van der Waals surface area contributed by atoms with Crippen molar-refractivity contribution in [2.45, 2.75) is 53.1 Å². The lowest BCUT2D eigenvalue weighted by Crippen LogP contribution is -2.30. The Labute approximate surface area is 161 Å². The molecular weight excluding hydrogens is 340 g/mol. The van der Waals surface area contributed by atoms with Crippen LogP contribution in [0.1, 0.15) is 51.2 Å². The molecule has 2 N–H and O–H groups in total. The van der Waals surface area contributed by atoms with E-state index in [0.717, 1.165) is 5.56 Å². The topological polar surface area (TPSA) is 67.4 Å². The Kier molecular flexibility index (Phi) is 6.99. The van der Waals surface area contributed by atoms with Gasteiger partial charge >= 0.3 is 0 Å². The van der Waals surface area contributed by atoms with E-state index in [9.17, 15) is 9.59 Å². The van der Waals surface area contributed by atoms with Crippen LogP contribution in [0.25, 0.3) is 0 Å². The number of carbonyl (C=O) groups is 2. The monoisotopic (exact) mass is 368 g/mol. The summed E-state index contributed by atoms with van der Waals surface area (Å²) in [6, 6.07) is 13.2. The Balaban J connectivity index is 2.01. The van der Waals surface area contributed by atoms with Crippen molar-refractivity contribution in [2.24, 2.45) is 0 Å². The molecule has 0 aliphatic rings. The lowest BCUT2D eigenvalue weighted by molar-refractivity contribution is -0.122. The highest BCUT2D eigenvalue weighted by Crippen LogP contribution is 2.22. The first kappa shape index (κ1) is 20.5. The fourth-order valence-corrected chi connectivity index (χ4v) is 2.51. The lowest BCUT2D eigenvalue weighted by Gasteiger charge is -2.16. The van der Waals surface area contributed by atoms with Crippen molar-refractivity contribution < 1.29 is 14.3 Å². The molecule has 0 bridgehead atoms. The van der Waals surface area contributed by atoms with Crippen molar-refractivity contribution in [3.05, 3.63) is 53.6 Å². The molecule has 0 spiro atoms. The zero-order valence-corrected chi connectivity index (χ0v) is 16.6. The number of nitrogens with one attached hydrogen (secondary N) is 2. The average Bonchev–Trinajstić information content (AvgIpc) is 2.64. The number of hydrogen-bond acceptors (Lipinski definition) is 3. The molecule has 0 heterocycles. The molecule has 2 rings (SSSR count). The number of anilines is 2. The second kappa shape index (κ2) is 9.21. The molecule has 0 radical (unpaired) electrons.